The van der Waals surface area contributed by atoms with Gasteiger partial charge in [-0.05, 0) is 42.6 Å². The second kappa shape index (κ2) is 8.84. The normalized spacial score (nSPS) is 10.6. The Morgan fingerprint density at radius 1 is 1.10 bits per heavy atom. The van der Waals surface area contributed by atoms with Gasteiger partial charge < -0.3 is 14.8 Å². The van der Waals surface area contributed by atoms with Gasteiger partial charge in [-0.15, -0.1) is 11.3 Å². The summed E-state index contributed by atoms with van der Waals surface area (Å²) in [5, 5.41) is 9.59. The third kappa shape index (κ3) is 4.06. The van der Waals surface area contributed by atoms with Crippen LogP contribution in [-0.4, -0.2) is 29.4 Å². The first-order valence-corrected chi connectivity index (χ1v) is 10.4. The van der Waals surface area contributed by atoms with E-state index in [2.05, 4.69) is 10.4 Å². The molecule has 6 nitrogen and oxygen atoms in total. The van der Waals surface area contributed by atoms with E-state index in [1.165, 1.54) is 0 Å². The molecule has 0 aliphatic heterocycles. The van der Waals surface area contributed by atoms with Gasteiger partial charge in [0, 0.05) is 18.0 Å². The quantitative estimate of drug-likeness (QED) is 0.444. The summed E-state index contributed by atoms with van der Waals surface area (Å²) < 4.78 is 12.6. The smallest absolute Gasteiger partial charge is 0.259 e. The maximum Gasteiger partial charge on any atom is 0.259 e. The number of ether oxygens (including phenoxy) is 2. The van der Waals surface area contributed by atoms with Gasteiger partial charge in [-0.1, -0.05) is 24.3 Å². The van der Waals surface area contributed by atoms with E-state index in [4.69, 9.17) is 9.47 Å². The first-order valence-electron chi connectivity index (χ1n) is 9.50. The van der Waals surface area contributed by atoms with Gasteiger partial charge in [0.25, 0.3) is 5.91 Å². The van der Waals surface area contributed by atoms with Crippen LogP contribution in [0, 0.1) is 0 Å². The summed E-state index contributed by atoms with van der Waals surface area (Å²) in [7, 11) is 1.57. The average Bonchev–Trinajstić information content (AvgIpc) is 3.45. The number of para-hydroxylation sites is 1. The number of carbonyl (C=O) groups is 1. The Labute approximate surface area is 178 Å². The fourth-order valence-corrected chi connectivity index (χ4v) is 3.79. The number of rotatable bonds is 7. The molecule has 1 amide bonds. The molecule has 2 heterocycles. The molecule has 152 valence electrons. The highest BCUT2D eigenvalue weighted by Crippen LogP contribution is 2.32. The SMILES string of the molecule is CCOc1ccc(NC(=O)c2cn(-c3ccccc3)nc2-c2cccs2)cc1OC. The first-order chi connectivity index (χ1) is 14.7. The zero-order chi connectivity index (χ0) is 20.9. The highest BCUT2D eigenvalue weighted by atomic mass is 32.1. The van der Waals surface area contributed by atoms with Gasteiger partial charge >= 0.3 is 0 Å². The Hall–Kier alpha value is -3.58. The minimum atomic E-state index is -0.244. The van der Waals surface area contributed by atoms with Crippen LogP contribution < -0.4 is 14.8 Å². The molecule has 2 aromatic heterocycles. The van der Waals surface area contributed by atoms with E-state index in [9.17, 15) is 4.79 Å². The number of nitrogens with one attached hydrogen (secondary N) is 1. The molecular weight excluding hydrogens is 398 g/mol. The van der Waals surface area contributed by atoms with Gasteiger partial charge in [0.1, 0.15) is 5.69 Å². The largest absolute Gasteiger partial charge is 0.493 e. The number of benzene rings is 2. The second-order valence-electron chi connectivity index (χ2n) is 6.40. The van der Waals surface area contributed by atoms with Gasteiger partial charge in [-0.3, -0.25) is 4.79 Å². The third-order valence-electron chi connectivity index (χ3n) is 4.46. The monoisotopic (exact) mass is 419 g/mol. The van der Waals surface area contributed by atoms with E-state index in [1.807, 2.05) is 54.8 Å². The lowest BCUT2D eigenvalue weighted by Crippen LogP contribution is -2.12. The summed E-state index contributed by atoms with van der Waals surface area (Å²) in [5.41, 5.74) is 2.64. The fraction of sp³-hybridized carbons (Fsp3) is 0.130. The standard InChI is InChI=1S/C23H21N3O3S/c1-3-29-19-12-11-16(14-20(19)28-2)24-23(27)18-15-26(17-8-5-4-6-9-17)25-22(18)21-10-7-13-30-21/h4-15H,3H2,1-2H3,(H,24,27). The van der Waals surface area contributed by atoms with Crippen LogP contribution in [0.15, 0.2) is 72.2 Å². The molecule has 0 spiro atoms. The van der Waals surface area contributed by atoms with E-state index >= 15 is 0 Å². The zero-order valence-corrected chi connectivity index (χ0v) is 17.5. The molecule has 4 aromatic rings. The highest BCUT2D eigenvalue weighted by Gasteiger charge is 2.20. The van der Waals surface area contributed by atoms with Gasteiger partial charge in [-0.25, -0.2) is 4.68 Å². The lowest BCUT2D eigenvalue weighted by atomic mass is 10.2. The molecule has 4 rings (SSSR count). The minimum absolute atomic E-state index is 0.244. The van der Waals surface area contributed by atoms with Crippen molar-refractivity contribution in [2.24, 2.45) is 0 Å². The molecule has 0 saturated carbocycles. The lowest BCUT2D eigenvalue weighted by Gasteiger charge is -2.11. The molecule has 0 unspecified atom stereocenters. The van der Waals surface area contributed by atoms with Crippen molar-refractivity contribution in [1.82, 2.24) is 9.78 Å². The van der Waals surface area contributed by atoms with Crippen molar-refractivity contribution in [2.75, 3.05) is 19.0 Å². The number of hydrogen-bond donors (Lipinski definition) is 1. The summed E-state index contributed by atoms with van der Waals surface area (Å²) in [4.78, 5) is 14.1. The third-order valence-corrected chi connectivity index (χ3v) is 5.33. The molecule has 0 aliphatic carbocycles. The van der Waals surface area contributed by atoms with Gasteiger partial charge in [0.15, 0.2) is 11.5 Å². The van der Waals surface area contributed by atoms with Crippen LogP contribution in [0.3, 0.4) is 0 Å². The van der Waals surface area contributed by atoms with Crippen LogP contribution in [0.25, 0.3) is 16.3 Å². The number of anilines is 1. The summed E-state index contributed by atoms with van der Waals surface area (Å²) in [5.74, 6) is 0.953. The maximum atomic E-state index is 13.2. The predicted octanol–water partition coefficient (Wildman–Crippen LogP) is 5.26. The summed E-state index contributed by atoms with van der Waals surface area (Å²) in [6.07, 6.45) is 1.76. The summed E-state index contributed by atoms with van der Waals surface area (Å²) in [6.45, 7) is 2.44. The first kappa shape index (κ1) is 19.7. The summed E-state index contributed by atoms with van der Waals surface area (Å²) >= 11 is 1.54. The molecule has 0 fully saturated rings. The Bertz CT molecular complexity index is 1140. The number of amides is 1. The number of thiophene rings is 1. The summed E-state index contributed by atoms with van der Waals surface area (Å²) in [6, 6.07) is 18.9. The molecule has 0 aliphatic rings. The van der Waals surface area contributed by atoms with Crippen molar-refractivity contribution in [3.05, 3.63) is 77.8 Å². The molecule has 2 aromatic carbocycles. The Balaban J connectivity index is 1.67. The molecule has 0 saturated heterocycles. The van der Waals surface area contributed by atoms with Gasteiger partial charge in [-0.2, -0.15) is 5.10 Å². The Morgan fingerprint density at radius 2 is 1.93 bits per heavy atom. The van der Waals surface area contributed by atoms with Crippen molar-refractivity contribution in [3.8, 4) is 27.8 Å². The van der Waals surface area contributed by atoms with Gasteiger partial charge in [0.2, 0.25) is 0 Å². The highest BCUT2D eigenvalue weighted by molar-refractivity contribution is 7.13. The number of aromatic nitrogens is 2. The average molecular weight is 420 g/mol. The van der Waals surface area contributed by atoms with E-state index in [0.29, 0.717) is 35.1 Å². The minimum Gasteiger partial charge on any atom is -0.493 e. The molecule has 0 bridgehead atoms. The van der Waals surface area contributed by atoms with Crippen molar-refractivity contribution < 1.29 is 14.3 Å². The van der Waals surface area contributed by atoms with E-state index in [0.717, 1.165) is 10.6 Å². The predicted molar refractivity (Wildman–Crippen MR) is 119 cm³/mol. The van der Waals surface area contributed by atoms with Crippen LogP contribution >= 0.6 is 11.3 Å². The van der Waals surface area contributed by atoms with E-state index in [-0.39, 0.29) is 5.91 Å². The lowest BCUT2D eigenvalue weighted by molar-refractivity contribution is 0.102. The van der Waals surface area contributed by atoms with E-state index < -0.39 is 0 Å². The zero-order valence-electron chi connectivity index (χ0n) is 16.7. The van der Waals surface area contributed by atoms with Crippen LogP contribution in [0.4, 0.5) is 5.69 Å². The van der Waals surface area contributed by atoms with Crippen molar-refractivity contribution in [2.45, 2.75) is 6.92 Å². The number of methoxy groups -OCH3 is 1. The number of hydrogen-bond acceptors (Lipinski definition) is 5. The van der Waals surface area contributed by atoms with Crippen LogP contribution in [0.5, 0.6) is 11.5 Å². The van der Waals surface area contributed by atoms with Crippen LogP contribution in [-0.2, 0) is 0 Å². The number of nitrogens with zero attached hydrogens (tertiary/aromatic N) is 2. The second-order valence-corrected chi connectivity index (χ2v) is 7.35. The fourth-order valence-electron chi connectivity index (χ4n) is 3.07. The number of carbonyl (C=O) groups excluding carboxylic acids is 1. The Kier molecular flexibility index (Phi) is 5.81. The van der Waals surface area contributed by atoms with Crippen LogP contribution in [0.1, 0.15) is 17.3 Å². The molecule has 0 atom stereocenters. The van der Waals surface area contributed by atoms with Crippen molar-refractivity contribution >= 4 is 22.9 Å². The molecule has 0 radical (unpaired) electrons. The Morgan fingerprint density at radius 3 is 2.63 bits per heavy atom. The van der Waals surface area contributed by atoms with Crippen molar-refractivity contribution in [1.29, 1.82) is 0 Å². The molecule has 1 N–H and O–H groups in total. The molecule has 30 heavy (non-hydrogen) atoms. The van der Waals surface area contributed by atoms with Gasteiger partial charge in [0.05, 0.1) is 29.8 Å². The molecular formula is C23H21N3O3S. The molecule has 7 heteroatoms. The van der Waals surface area contributed by atoms with Crippen molar-refractivity contribution in [3.63, 3.8) is 0 Å². The maximum absolute atomic E-state index is 13.2. The topological polar surface area (TPSA) is 65.4 Å². The van der Waals surface area contributed by atoms with Crippen LogP contribution in [0.2, 0.25) is 0 Å². The van der Waals surface area contributed by atoms with E-state index in [1.54, 1.807) is 47.5 Å².